The van der Waals surface area contributed by atoms with Gasteiger partial charge in [0.1, 0.15) is 6.29 Å². The number of hydrogen-bond acceptors (Lipinski definition) is 1. The van der Waals surface area contributed by atoms with Crippen molar-refractivity contribution in [2.75, 3.05) is 0 Å². The Kier molecular flexibility index (Phi) is 3.46. The predicted molar refractivity (Wildman–Crippen MR) is 65.1 cm³/mol. The van der Waals surface area contributed by atoms with Crippen LogP contribution in [0.4, 0.5) is 0 Å². The number of rotatable bonds is 2. The maximum atomic E-state index is 10.5. The zero-order valence-electron chi connectivity index (χ0n) is 10.1. The minimum atomic E-state index is 0.847. The summed E-state index contributed by atoms with van der Waals surface area (Å²) in [6.07, 6.45) is 2.47. The van der Waals surface area contributed by atoms with E-state index in [0.29, 0.717) is 0 Å². The van der Waals surface area contributed by atoms with Crippen molar-refractivity contribution in [2.24, 2.45) is 0 Å². The molecule has 1 heteroatoms. The van der Waals surface area contributed by atoms with Gasteiger partial charge in [-0.05, 0) is 74.1 Å². The molecule has 0 saturated carbocycles. The van der Waals surface area contributed by atoms with Crippen LogP contribution in [-0.4, -0.2) is 6.29 Å². The van der Waals surface area contributed by atoms with Gasteiger partial charge in [-0.1, -0.05) is 6.07 Å². The summed E-state index contributed by atoms with van der Waals surface area (Å²) in [7, 11) is 0. The lowest BCUT2D eigenvalue weighted by Gasteiger charge is -2.14. The maximum absolute atomic E-state index is 10.5. The van der Waals surface area contributed by atoms with Gasteiger partial charge in [-0.15, -0.1) is 0 Å². The second-order valence-corrected chi connectivity index (χ2v) is 4.10. The molecule has 0 aliphatic carbocycles. The first-order chi connectivity index (χ1) is 6.99. The summed E-state index contributed by atoms with van der Waals surface area (Å²) >= 11 is 0. The number of aldehydes is 1. The van der Waals surface area contributed by atoms with Gasteiger partial charge in [0.05, 0.1) is 0 Å². The van der Waals surface area contributed by atoms with Crippen molar-refractivity contribution in [3.8, 4) is 0 Å². The van der Waals surface area contributed by atoms with E-state index in [9.17, 15) is 4.79 Å². The molecule has 15 heavy (non-hydrogen) atoms. The lowest BCUT2D eigenvalue weighted by molar-refractivity contribution is -0.104. The first-order valence-electron chi connectivity index (χ1n) is 5.19. The van der Waals surface area contributed by atoms with Gasteiger partial charge >= 0.3 is 0 Å². The second kappa shape index (κ2) is 4.43. The number of allylic oxidation sites excluding steroid dienone is 2. The van der Waals surface area contributed by atoms with Crippen molar-refractivity contribution in [1.29, 1.82) is 0 Å². The van der Waals surface area contributed by atoms with Crippen molar-refractivity contribution in [2.45, 2.75) is 34.6 Å². The highest BCUT2D eigenvalue weighted by Gasteiger charge is 2.07. The average Bonchev–Trinajstić information content (AvgIpc) is 2.20. The van der Waals surface area contributed by atoms with Gasteiger partial charge < -0.3 is 0 Å². The topological polar surface area (TPSA) is 17.1 Å². The fourth-order valence-electron chi connectivity index (χ4n) is 1.81. The highest BCUT2D eigenvalue weighted by molar-refractivity contribution is 5.82. The molecule has 0 amide bonds. The van der Waals surface area contributed by atoms with Gasteiger partial charge in [-0.3, -0.25) is 4.79 Å². The fourth-order valence-corrected chi connectivity index (χ4v) is 1.81. The molecule has 0 heterocycles. The fraction of sp³-hybridized carbons (Fsp3) is 0.357. The molecule has 0 aliphatic heterocycles. The first-order valence-corrected chi connectivity index (χ1v) is 5.19. The third-order valence-electron chi connectivity index (χ3n) is 3.22. The summed E-state index contributed by atoms with van der Waals surface area (Å²) in [6, 6.07) is 2.16. The van der Waals surface area contributed by atoms with Crippen LogP contribution < -0.4 is 0 Å². The molecule has 0 fully saturated rings. The van der Waals surface area contributed by atoms with Gasteiger partial charge in [0.2, 0.25) is 0 Å². The van der Waals surface area contributed by atoms with Crippen LogP contribution in [0.15, 0.2) is 12.1 Å². The van der Waals surface area contributed by atoms with Crippen molar-refractivity contribution >= 4 is 11.9 Å². The summed E-state index contributed by atoms with van der Waals surface area (Å²) in [4.78, 5) is 10.5. The molecule has 1 aromatic carbocycles. The third-order valence-corrected chi connectivity index (χ3v) is 3.22. The number of carbonyl (C=O) groups excluding carboxylic acids is 1. The van der Waals surface area contributed by atoms with E-state index in [1.807, 2.05) is 6.92 Å². The molecule has 0 atom stereocenters. The van der Waals surface area contributed by atoms with E-state index in [1.54, 1.807) is 6.08 Å². The lowest BCUT2D eigenvalue weighted by Crippen LogP contribution is -1.96. The van der Waals surface area contributed by atoms with Gasteiger partial charge in [0.25, 0.3) is 0 Å². The Hall–Kier alpha value is -1.37. The first kappa shape index (κ1) is 11.7. The largest absolute Gasteiger partial charge is 0.299 e. The van der Waals surface area contributed by atoms with Crippen LogP contribution in [0.25, 0.3) is 5.57 Å². The van der Waals surface area contributed by atoms with Crippen LogP contribution in [0.1, 0.15) is 34.7 Å². The maximum Gasteiger partial charge on any atom is 0.143 e. The Morgan fingerprint density at radius 3 is 2.20 bits per heavy atom. The van der Waals surface area contributed by atoms with Crippen LogP contribution >= 0.6 is 0 Å². The molecule has 1 nitrogen and oxygen atoms in total. The summed E-state index contributed by atoms with van der Waals surface area (Å²) in [5, 5.41) is 0. The van der Waals surface area contributed by atoms with E-state index in [2.05, 4.69) is 33.8 Å². The van der Waals surface area contributed by atoms with Crippen LogP contribution in [-0.2, 0) is 4.79 Å². The summed E-state index contributed by atoms with van der Waals surface area (Å²) < 4.78 is 0. The lowest BCUT2D eigenvalue weighted by atomic mass is 9.91. The van der Waals surface area contributed by atoms with E-state index in [0.717, 1.165) is 11.9 Å². The zero-order chi connectivity index (χ0) is 11.6. The van der Waals surface area contributed by atoms with Crippen LogP contribution in [0.2, 0.25) is 0 Å². The molecule has 0 N–H and O–H groups in total. The van der Waals surface area contributed by atoms with Crippen LogP contribution in [0, 0.1) is 27.7 Å². The zero-order valence-corrected chi connectivity index (χ0v) is 10.1. The number of carbonyl (C=O) groups is 1. The van der Waals surface area contributed by atoms with Crippen molar-refractivity contribution in [3.63, 3.8) is 0 Å². The minimum Gasteiger partial charge on any atom is -0.299 e. The summed E-state index contributed by atoms with van der Waals surface area (Å²) in [5.74, 6) is 0. The minimum absolute atomic E-state index is 0.847. The smallest absolute Gasteiger partial charge is 0.143 e. The second-order valence-electron chi connectivity index (χ2n) is 4.10. The van der Waals surface area contributed by atoms with E-state index < -0.39 is 0 Å². The molecule has 0 bridgehead atoms. The van der Waals surface area contributed by atoms with E-state index >= 15 is 0 Å². The normalized spacial score (nSPS) is 11.7. The molecule has 80 valence electrons. The monoisotopic (exact) mass is 202 g/mol. The van der Waals surface area contributed by atoms with Gasteiger partial charge in [-0.25, -0.2) is 0 Å². The van der Waals surface area contributed by atoms with E-state index in [4.69, 9.17) is 0 Å². The Balaban J connectivity index is 3.45. The molecule has 0 spiro atoms. The summed E-state index contributed by atoms with van der Waals surface area (Å²) in [6.45, 7) is 10.5. The number of hydrogen-bond donors (Lipinski definition) is 0. The highest BCUT2D eigenvalue weighted by Crippen LogP contribution is 2.26. The molecule has 0 saturated heterocycles. The Labute approximate surface area is 91.8 Å². The Bertz CT molecular complexity index is 425. The molecule has 0 aliphatic rings. The SMILES string of the molecule is C/C(=C/C=O)c1cc(C)c(C)c(C)c1C. The molecule has 1 rings (SSSR count). The molecule has 0 radical (unpaired) electrons. The molecular weight excluding hydrogens is 184 g/mol. The quantitative estimate of drug-likeness (QED) is 0.529. The standard InChI is InChI=1S/C14H18O/c1-9(6-7-15)14-8-10(2)11(3)12(4)13(14)5/h6-8H,1-5H3/b9-6-. The van der Waals surface area contributed by atoms with Gasteiger partial charge in [0.15, 0.2) is 0 Å². The third kappa shape index (κ3) is 2.17. The van der Waals surface area contributed by atoms with Gasteiger partial charge in [-0.2, -0.15) is 0 Å². The van der Waals surface area contributed by atoms with Crippen molar-refractivity contribution in [3.05, 3.63) is 40.0 Å². The van der Waals surface area contributed by atoms with Gasteiger partial charge in [0, 0.05) is 0 Å². The van der Waals surface area contributed by atoms with Crippen molar-refractivity contribution in [1.82, 2.24) is 0 Å². The van der Waals surface area contributed by atoms with Crippen LogP contribution in [0.3, 0.4) is 0 Å². The molecule has 0 aromatic heterocycles. The highest BCUT2D eigenvalue weighted by atomic mass is 16.1. The average molecular weight is 202 g/mol. The van der Waals surface area contributed by atoms with Crippen molar-refractivity contribution < 1.29 is 4.79 Å². The molecule has 0 unspecified atom stereocenters. The predicted octanol–water partition coefficient (Wildman–Crippen LogP) is 3.52. The van der Waals surface area contributed by atoms with E-state index in [-0.39, 0.29) is 0 Å². The Morgan fingerprint density at radius 1 is 1.07 bits per heavy atom. The van der Waals surface area contributed by atoms with Crippen LogP contribution in [0.5, 0.6) is 0 Å². The Morgan fingerprint density at radius 2 is 1.67 bits per heavy atom. The number of aryl methyl sites for hydroxylation is 1. The molecular formula is C14H18O. The van der Waals surface area contributed by atoms with E-state index in [1.165, 1.54) is 27.8 Å². The number of benzene rings is 1. The molecule has 1 aromatic rings. The summed E-state index contributed by atoms with van der Waals surface area (Å²) in [5.41, 5.74) is 7.44.